The Hall–Kier alpha value is -0.830. The molecule has 1 aromatic rings. The zero-order valence-corrected chi connectivity index (χ0v) is 8.11. The van der Waals surface area contributed by atoms with Crippen molar-refractivity contribution in [2.75, 3.05) is 18.0 Å². The molecule has 1 fully saturated rings. The number of halogens is 1. The summed E-state index contributed by atoms with van der Waals surface area (Å²) >= 11 is 6.01. The maximum Gasteiger partial charge on any atom is 0.151 e. The summed E-state index contributed by atoms with van der Waals surface area (Å²) in [7, 11) is 0. The average Bonchev–Trinajstić information content (AvgIpc) is 2.20. The summed E-state index contributed by atoms with van der Waals surface area (Å²) in [4.78, 5) is 2.23. The van der Waals surface area contributed by atoms with E-state index in [9.17, 15) is 0 Å². The number of hydrogen-bond acceptors (Lipinski definition) is 3. The number of aromatic nitrogens is 2. The summed E-state index contributed by atoms with van der Waals surface area (Å²) < 4.78 is 0. The van der Waals surface area contributed by atoms with Crippen LogP contribution in [0, 0.1) is 0 Å². The van der Waals surface area contributed by atoms with Gasteiger partial charge in [-0.2, -0.15) is 5.10 Å². The van der Waals surface area contributed by atoms with Crippen molar-refractivity contribution in [1.82, 2.24) is 10.2 Å². The van der Waals surface area contributed by atoms with Crippen molar-refractivity contribution in [1.29, 1.82) is 0 Å². The largest absolute Gasteiger partial charge is 0.355 e. The van der Waals surface area contributed by atoms with Gasteiger partial charge in [0.15, 0.2) is 5.82 Å². The quantitative estimate of drug-likeness (QED) is 0.642. The van der Waals surface area contributed by atoms with E-state index in [0.29, 0.717) is 5.38 Å². The first kappa shape index (κ1) is 8.75. The molecule has 2 heterocycles. The molecule has 0 radical (unpaired) electrons. The second-order valence-electron chi connectivity index (χ2n) is 3.24. The lowest BCUT2D eigenvalue weighted by atomic mass is 10.1. The predicted molar refractivity (Wildman–Crippen MR) is 53.1 cm³/mol. The molecule has 0 bridgehead atoms. The van der Waals surface area contributed by atoms with Gasteiger partial charge in [-0.25, -0.2) is 0 Å². The van der Waals surface area contributed by atoms with E-state index in [2.05, 4.69) is 15.1 Å². The van der Waals surface area contributed by atoms with Gasteiger partial charge in [-0.3, -0.25) is 0 Å². The van der Waals surface area contributed by atoms with E-state index in [1.165, 1.54) is 0 Å². The van der Waals surface area contributed by atoms with E-state index in [1.807, 2.05) is 12.1 Å². The molecule has 1 aromatic heterocycles. The maximum absolute atomic E-state index is 6.01. The molecule has 0 aromatic carbocycles. The van der Waals surface area contributed by atoms with E-state index in [4.69, 9.17) is 11.6 Å². The lowest BCUT2D eigenvalue weighted by Gasteiger charge is -2.29. The highest BCUT2D eigenvalue weighted by molar-refractivity contribution is 6.20. The van der Waals surface area contributed by atoms with Crippen molar-refractivity contribution in [3.8, 4) is 0 Å². The van der Waals surface area contributed by atoms with Gasteiger partial charge in [0.25, 0.3) is 0 Å². The van der Waals surface area contributed by atoms with Crippen LogP contribution in [-0.2, 0) is 0 Å². The Kier molecular flexibility index (Phi) is 2.64. The minimum Gasteiger partial charge on any atom is -0.355 e. The third-order valence-corrected chi connectivity index (χ3v) is 2.74. The fourth-order valence-corrected chi connectivity index (χ4v) is 1.73. The summed E-state index contributed by atoms with van der Waals surface area (Å²) in [5.41, 5.74) is 0. The van der Waals surface area contributed by atoms with Gasteiger partial charge >= 0.3 is 0 Å². The van der Waals surface area contributed by atoms with Crippen molar-refractivity contribution in [3.63, 3.8) is 0 Å². The number of piperidine rings is 1. The molecule has 0 aliphatic carbocycles. The normalized spacial score (nSPS) is 19.0. The van der Waals surface area contributed by atoms with Gasteiger partial charge in [-0.1, -0.05) is 0 Å². The monoisotopic (exact) mass is 197 g/mol. The molecular weight excluding hydrogens is 186 g/mol. The summed E-state index contributed by atoms with van der Waals surface area (Å²) in [6.07, 6.45) is 3.77. The fourth-order valence-electron chi connectivity index (χ4n) is 1.54. The Morgan fingerprint density at radius 3 is 2.77 bits per heavy atom. The molecule has 0 N–H and O–H groups in total. The lowest BCUT2D eigenvalue weighted by molar-refractivity contribution is 0.578. The zero-order chi connectivity index (χ0) is 9.10. The van der Waals surface area contributed by atoms with Crippen molar-refractivity contribution in [3.05, 3.63) is 18.3 Å². The Labute approximate surface area is 82.7 Å². The van der Waals surface area contributed by atoms with Crippen LogP contribution in [0.5, 0.6) is 0 Å². The molecule has 4 heteroatoms. The van der Waals surface area contributed by atoms with E-state index in [-0.39, 0.29) is 0 Å². The molecule has 0 unspecified atom stereocenters. The molecule has 0 saturated carbocycles. The van der Waals surface area contributed by atoms with Crippen LogP contribution in [0.25, 0.3) is 0 Å². The van der Waals surface area contributed by atoms with Crippen LogP contribution in [0.1, 0.15) is 12.8 Å². The molecule has 2 rings (SSSR count). The smallest absolute Gasteiger partial charge is 0.151 e. The molecule has 1 aliphatic rings. The molecule has 1 aliphatic heterocycles. The maximum atomic E-state index is 6.01. The first-order valence-electron chi connectivity index (χ1n) is 4.53. The summed E-state index contributed by atoms with van der Waals surface area (Å²) in [5.74, 6) is 0.964. The SMILES string of the molecule is ClC1CCN(c2cccnn2)CC1. The van der Waals surface area contributed by atoms with Gasteiger partial charge in [0.2, 0.25) is 0 Å². The molecule has 70 valence electrons. The van der Waals surface area contributed by atoms with Gasteiger partial charge in [0, 0.05) is 24.7 Å². The zero-order valence-electron chi connectivity index (χ0n) is 7.36. The summed E-state index contributed by atoms with van der Waals surface area (Å²) in [6.45, 7) is 1.99. The molecule has 0 atom stereocenters. The number of nitrogens with zero attached hydrogens (tertiary/aromatic N) is 3. The first-order chi connectivity index (χ1) is 6.36. The summed E-state index contributed by atoms with van der Waals surface area (Å²) in [5, 5.41) is 8.26. The predicted octanol–water partition coefficient (Wildman–Crippen LogP) is 1.68. The number of hydrogen-bond donors (Lipinski definition) is 0. The van der Waals surface area contributed by atoms with Crippen LogP contribution in [0.2, 0.25) is 0 Å². The molecule has 0 amide bonds. The van der Waals surface area contributed by atoms with Gasteiger partial charge in [-0.15, -0.1) is 16.7 Å². The van der Waals surface area contributed by atoms with E-state index in [1.54, 1.807) is 6.20 Å². The van der Waals surface area contributed by atoms with Crippen LogP contribution in [0.4, 0.5) is 5.82 Å². The second-order valence-corrected chi connectivity index (χ2v) is 3.86. The highest BCUT2D eigenvalue weighted by Gasteiger charge is 2.17. The molecular formula is C9H12ClN3. The van der Waals surface area contributed by atoms with E-state index >= 15 is 0 Å². The highest BCUT2D eigenvalue weighted by Crippen LogP contribution is 2.19. The first-order valence-corrected chi connectivity index (χ1v) is 4.96. The van der Waals surface area contributed by atoms with Gasteiger partial charge in [0.05, 0.1) is 0 Å². The van der Waals surface area contributed by atoms with Gasteiger partial charge in [0.1, 0.15) is 0 Å². The van der Waals surface area contributed by atoms with Crippen LogP contribution >= 0.6 is 11.6 Å². The fraction of sp³-hybridized carbons (Fsp3) is 0.556. The van der Waals surface area contributed by atoms with Crippen molar-refractivity contribution in [2.24, 2.45) is 0 Å². The molecule has 1 saturated heterocycles. The second kappa shape index (κ2) is 3.92. The minimum absolute atomic E-state index is 0.341. The lowest BCUT2D eigenvalue weighted by Crippen LogP contribution is -2.34. The third-order valence-electron chi connectivity index (χ3n) is 2.31. The topological polar surface area (TPSA) is 29.0 Å². The molecule has 0 spiro atoms. The van der Waals surface area contributed by atoms with Crippen LogP contribution < -0.4 is 4.90 Å². The van der Waals surface area contributed by atoms with Gasteiger partial charge in [-0.05, 0) is 25.0 Å². The van der Waals surface area contributed by atoms with Crippen LogP contribution in [0.15, 0.2) is 18.3 Å². The number of anilines is 1. The summed E-state index contributed by atoms with van der Waals surface area (Å²) in [6, 6.07) is 3.90. The Morgan fingerprint density at radius 1 is 1.38 bits per heavy atom. The number of alkyl halides is 1. The van der Waals surface area contributed by atoms with Crippen LogP contribution in [-0.4, -0.2) is 28.7 Å². The number of rotatable bonds is 1. The minimum atomic E-state index is 0.341. The van der Waals surface area contributed by atoms with Crippen LogP contribution in [0.3, 0.4) is 0 Å². The molecule has 13 heavy (non-hydrogen) atoms. The van der Waals surface area contributed by atoms with Crippen molar-refractivity contribution in [2.45, 2.75) is 18.2 Å². The van der Waals surface area contributed by atoms with Gasteiger partial charge < -0.3 is 4.90 Å². The van der Waals surface area contributed by atoms with Crippen molar-refractivity contribution >= 4 is 17.4 Å². The van der Waals surface area contributed by atoms with Crippen molar-refractivity contribution < 1.29 is 0 Å². The van der Waals surface area contributed by atoms with E-state index < -0.39 is 0 Å². The third kappa shape index (κ3) is 2.10. The highest BCUT2D eigenvalue weighted by atomic mass is 35.5. The standard InChI is InChI=1S/C9H12ClN3/c10-8-3-6-13(7-4-8)9-2-1-5-11-12-9/h1-2,5,8H,3-4,6-7H2. The van der Waals surface area contributed by atoms with E-state index in [0.717, 1.165) is 31.7 Å². The average molecular weight is 198 g/mol. The Morgan fingerprint density at radius 2 is 2.15 bits per heavy atom. The molecule has 3 nitrogen and oxygen atoms in total. The Bertz CT molecular complexity index is 257. The Balaban J connectivity index is 2.03.